The Morgan fingerprint density at radius 2 is 1.79 bits per heavy atom. The first-order valence-corrected chi connectivity index (χ1v) is 13.9. The van der Waals surface area contributed by atoms with E-state index in [9.17, 15) is 41.1 Å². The first kappa shape index (κ1) is 34.3. The van der Waals surface area contributed by atoms with E-state index in [1.165, 1.54) is 30.5 Å². The number of benzene rings is 2. The van der Waals surface area contributed by atoms with Gasteiger partial charge in [-0.3, -0.25) is 19.2 Å². The number of hydrogen-bond donors (Lipinski definition) is 2. The number of amides is 2. The average Bonchev–Trinajstić information content (AvgIpc) is 3.48. The van der Waals surface area contributed by atoms with Crippen LogP contribution in [-0.4, -0.2) is 49.9 Å². The first-order valence-electron chi connectivity index (χ1n) is 13.9. The third kappa shape index (κ3) is 9.94. The zero-order valence-corrected chi connectivity index (χ0v) is 24.5. The number of nitrogens with one attached hydrogen (secondary N) is 2. The summed E-state index contributed by atoms with van der Waals surface area (Å²) in [7, 11) is 0. The fourth-order valence-electron chi connectivity index (χ4n) is 4.27. The molecule has 4 aromatic rings. The lowest BCUT2D eigenvalue weighted by Gasteiger charge is -2.17. The summed E-state index contributed by atoms with van der Waals surface area (Å²) in [4.78, 5) is 49.3. The van der Waals surface area contributed by atoms with Crippen LogP contribution in [-0.2, 0) is 34.0 Å². The molecular formula is C30H27F5N6O6. The molecule has 248 valence electrons. The van der Waals surface area contributed by atoms with Crippen LogP contribution < -0.4 is 20.9 Å². The summed E-state index contributed by atoms with van der Waals surface area (Å²) < 4.78 is 77.8. The molecule has 0 fully saturated rings. The Morgan fingerprint density at radius 3 is 2.49 bits per heavy atom. The third-order valence-corrected chi connectivity index (χ3v) is 6.41. The smallest absolute Gasteiger partial charge is 0.447 e. The molecule has 2 aromatic heterocycles. The summed E-state index contributed by atoms with van der Waals surface area (Å²) in [6.07, 6.45) is -5.80. The largest absolute Gasteiger partial charge is 0.573 e. The summed E-state index contributed by atoms with van der Waals surface area (Å²) >= 11 is 0. The Balaban J connectivity index is 1.29. The molecule has 0 saturated carbocycles. The van der Waals surface area contributed by atoms with E-state index in [1.807, 2.05) is 0 Å². The highest BCUT2D eigenvalue weighted by atomic mass is 19.4. The number of alkyl halides is 4. The number of aryl methyl sites for hydroxylation is 1. The van der Waals surface area contributed by atoms with Crippen LogP contribution in [0.5, 0.6) is 5.75 Å². The molecule has 0 saturated heterocycles. The van der Waals surface area contributed by atoms with Crippen molar-refractivity contribution < 1.29 is 45.8 Å². The van der Waals surface area contributed by atoms with E-state index < -0.39 is 59.2 Å². The Morgan fingerprint density at radius 1 is 1.04 bits per heavy atom. The molecule has 2 N–H and O–H groups in total. The summed E-state index contributed by atoms with van der Waals surface area (Å²) in [5, 5.41) is 12.1. The SMILES string of the molecule is CC(=O)OC(C(=O)Nc1ccn(CCC(F)Cn2cc(C(=O)NCc3cccc(OC(F)(F)F)c3)nn2)c(=O)c1F)c1ccccc1. The van der Waals surface area contributed by atoms with Gasteiger partial charge in [0.05, 0.1) is 18.4 Å². The molecule has 2 unspecified atom stereocenters. The van der Waals surface area contributed by atoms with Crippen LogP contribution in [0.25, 0.3) is 0 Å². The van der Waals surface area contributed by atoms with Gasteiger partial charge in [0.25, 0.3) is 17.4 Å². The number of halogens is 5. The van der Waals surface area contributed by atoms with Gasteiger partial charge in [-0.15, -0.1) is 18.3 Å². The maximum absolute atomic E-state index is 14.9. The normalized spacial score (nSPS) is 12.6. The zero-order chi connectivity index (χ0) is 34.1. The molecule has 0 spiro atoms. The molecule has 0 aliphatic heterocycles. The Labute approximate surface area is 263 Å². The van der Waals surface area contributed by atoms with Crippen LogP contribution >= 0.6 is 0 Å². The maximum atomic E-state index is 14.9. The van der Waals surface area contributed by atoms with Crippen molar-refractivity contribution in [3.63, 3.8) is 0 Å². The van der Waals surface area contributed by atoms with E-state index in [0.717, 1.165) is 40.6 Å². The van der Waals surface area contributed by atoms with E-state index >= 15 is 0 Å². The molecule has 2 amide bonds. The highest BCUT2D eigenvalue weighted by Crippen LogP contribution is 2.24. The van der Waals surface area contributed by atoms with Crippen LogP contribution in [0.15, 0.2) is 77.9 Å². The maximum Gasteiger partial charge on any atom is 0.573 e. The third-order valence-electron chi connectivity index (χ3n) is 6.41. The lowest BCUT2D eigenvalue weighted by atomic mass is 10.1. The van der Waals surface area contributed by atoms with Crippen LogP contribution in [0, 0.1) is 5.82 Å². The van der Waals surface area contributed by atoms with Crippen molar-refractivity contribution in [1.82, 2.24) is 24.9 Å². The molecule has 47 heavy (non-hydrogen) atoms. The van der Waals surface area contributed by atoms with Crippen LogP contribution in [0.3, 0.4) is 0 Å². The van der Waals surface area contributed by atoms with E-state index in [-0.39, 0.29) is 31.7 Å². The zero-order valence-electron chi connectivity index (χ0n) is 24.5. The standard InChI is InChI=1S/C30H27F5N6O6/c1-18(42)46-26(20-7-3-2-4-8-20)28(44)37-23-11-13-40(29(45)25(23)32)12-10-21(31)16-41-17-24(38-39-41)27(43)36-15-19-6-5-9-22(14-19)47-30(33,34)35/h2-9,11,13-14,17,21,26H,10,12,15-16H2,1H3,(H,36,43)(H,37,44). The molecule has 2 heterocycles. The number of carbonyl (C=O) groups is 3. The van der Waals surface area contributed by atoms with Gasteiger partial charge in [-0.05, 0) is 30.2 Å². The molecule has 2 atom stereocenters. The predicted molar refractivity (Wildman–Crippen MR) is 154 cm³/mol. The molecule has 2 aromatic carbocycles. The number of rotatable bonds is 13. The summed E-state index contributed by atoms with van der Waals surface area (Å²) in [5.74, 6) is -4.12. The van der Waals surface area contributed by atoms with Crippen molar-refractivity contribution in [3.05, 3.63) is 106 Å². The molecule has 17 heteroatoms. The fourth-order valence-corrected chi connectivity index (χ4v) is 4.27. The number of nitrogens with zero attached hydrogens (tertiary/aromatic N) is 4. The Kier molecular flexibility index (Phi) is 11.0. The van der Waals surface area contributed by atoms with Crippen molar-refractivity contribution in [2.75, 3.05) is 5.32 Å². The molecule has 0 bridgehead atoms. The quantitative estimate of drug-likeness (QED) is 0.161. The van der Waals surface area contributed by atoms with E-state index in [1.54, 1.807) is 18.2 Å². The number of pyridine rings is 1. The molecule has 0 aliphatic rings. The van der Waals surface area contributed by atoms with Gasteiger partial charge in [0.2, 0.25) is 11.9 Å². The highest BCUT2D eigenvalue weighted by molar-refractivity contribution is 5.96. The molecule has 12 nitrogen and oxygen atoms in total. The van der Waals surface area contributed by atoms with E-state index in [0.29, 0.717) is 11.1 Å². The van der Waals surface area contributed by atoms with E-state index in [2.05, 4.69) is 25.7 Å². The summed E-state index contributed by atoms with van der Waals surface area (Å²) in [5.41, 5.74) is -1.13. The minimum absolute atomic E-state index is 0.153. The van der Waals surface area contributed by atoms with Crippen molar-refractivity contribution >= 4 is 23.5 Å². The van der Waals surface area contributed by atoms with Gasteiger partial charge in [0.1, 0.15) is 11.9 Å². The molecule has 0 aliphatic carbocycles. The second kappa shape index (κ2) is 15.1. The van der Waals surface area contributed by atoms with Crippen molar-refractivity contribution in [2.45, 2.75) is 51.6 Å². The van der Waals surface area contributed by atoms with Crippen LogP contribution in [0.1, 0.15) is 41.1 Å². The van der Waals surface area contributed by atoms with Crippen molar-refractivity contribution in [2.24, 2.45) is 0 Å². The van der Waals surface area contributed by atoms with E-state index in [4.69, 9.17) is 4.74 Å². The predicted octanol–water partition coefficient (Wildman–Crippen LogP) is 4.08. The lowest BCUT2D eigenvalue weighted by molar-refractivity contribution is -0.274. The van der Waals surface area contributed by atoms with Crippen molar-refractivity contribution in [1.29, 1.82) is 0 Å². The first-order chi connectivity index (χ1) is 22.3. The van der Waals surface area contributed by atoms with Gasteiger partial charge in [-0.25, -0.2) is 9.07 Å². The monoisotopic (exact) mass is 662 g/mol. The summed E-state index contributed by atoms with van der Waals surface area (Å²) in [6.45, 7) is 0.346. The van der Waals surface area contributed by atoms with Gasteiger partial charge < -0.3 is 24.7 Å². The molecular weight excluding hydrogens is 635 g/mol. The minimum Gasteiger partial charge on any atom is -0.447 e. The number of ether oxygens (including phenoxy) is 2. The highest BCUT2D eigenvalue weighted by Gasteiger charge is 2.31. The average molecular weight is 663 g/mol. The summed E-state index contributed by atoms with van der Waals surface area (Å²) in [6, 6.07) is 14.1. The number of hydrogen-bond acceptors (Lipinski definition) is 8. The van der Waals surface area contributed by atoms with Gasteiger partial charge in [0, 0.05) is 31.8 Å². The molecule has 4 rings (SSSR count). The number of anilines is 1. The van der Waals surface area contributed by atoms with Gasteiger partial charge in [0.15, 0.2) is 5.69 Å². The van der Waals surface area contributed by atoms with Gasteiger partial charge in [-0.1, -0.05) is 47.7 Å². The second-order valence-electron chi connectivity index (χ2n) is 10.0. The van der Waals surface area contributed by atoms with Gasteiger partial charge in [-0.2, -0.15) is 4.39 Å². The number of esters is 1. The lowest BCUT2D eigenvalue weighted by Crippen LogP contribution is -2.29. The van der Waals surface area contributed by atoms with Crippen LogP contribution in [0.4, 0.5) is 27.6 Å². The number of aromatic nitrogens is 4. The minimum atomic E-state index is -4.87. The molecule has 0 radical (unpaired) electrons. The van der Waals surface area contributed by atoms with Crippen LogP contribution in [0.2, 0.25) is 0 Å². The number of carbonyl (C=O) groups excluding carboxylic acids is 3. The Bertz CT molecular complexity index is 1780. The van der Waals surface area contributed by atoms with Crippen molar-refractivity contribution in [3.8, 4) is 5.75 Å². The second-order valence-corrected chi connectivity index (χ2v) is 10.0. The van der Waals surface area contributed by atoms with Gasteiger partial charge >= 0.3 is 12.3 Å². The Hall–Kier alpha value is -5.61. The topological polar surface area (TPSA) is 146 Å². The fraction of sp³-hybridized carbons (Fsp3) is 0.267.